The fourth-order valence-corrected chi connectivity index (χ4v) is 2.52. The molecular formula is C21H20FN3O. The summed E-state index contributed by atoms with van der Waals surface area (Å²) < 4.78 is 12.9. The molecule has 0 aliphatic heterocycles. The van der Waals surface area contributed by atoms with E-state index < -0.39 is 0 Å². The maximum atomic E-state index is 12.9. The molecule has 0 radical (unpaired) electrons. The molecule has 0 atom stereocenters. The highest BCUT2D eigenvalue weighted by molar-refractivity contribution is 6.04. The lowest BCUT2D eigenvalue weighted by molar-refractivity contribution is 0.102. The Morgan fingerprint density at radius 2 is 1.73 bits per heavy atom. The number of aromatic nitrogens is 1. The highest BCUT2D eigenvalue weighted by Gasteiger charge is 2.07. The van der Waals surface area contributed by atoms with Crippen LogP contribution in [-0.4, -0.2) is 17.4 Å². The summed E-state index contributed by atoms with van der Waals surface area (Å²) in [6.07, 6.45) is 3.53. The van der Waals surface area contributed by atoms with E-state index in [9.17, 15) is 9.18 Å². The van der Waals surface area contributed by atoms with E-state index >= 15 is 0 Å². The first-order chi connectivity index (χ1) is 12.7. The second-order valence-electron chi connectivity index (χ2n) is 5.91. The van der Waals surface area contributed by atoms with E-state index in [2.05, 4.69) is 27.8 Å². The van der Waals surface area contributed by atoms with Gasteiger partial charge in [-0.25, -0.2) is 9.37 Å². The van der Waals surface area contributed by atoms with Gasteiger partial charge in [-0.15, -0.1) is 0 Å². The molecule has 0 bridgehead atoms. The van der Waals surface area contributed by atoms with Gasteiger partial charge in [-0.1, -0.05) is 30.3 Å². The van der Waals surface area contributed by atoms with E-state index in [-0.39, 0.29) is 11.7 Å². The number of nitrogens with zero attached hydrogens (tertiary/aromatic N) is 1. The third-order valence-electron chi connectivity index (χ3n) is 3.92. The van der Waals surface area contributed by atoms with E-state index in [0.29, 0.717) is 11.3 Å². The van der Waals surface area contributed by atoms with Gasteiger partial charge in [0.25, 0.3) is 5.91 Å². The van der Waals surface area contributed by atoms with Gasteiger partial charge in [0.2, 0.25) is 0 Å². The van der Waals surface area contributed by atoms with Crippen LogP contribution in [0.5, 0.6) is 0 Å². The van der Waals surface area contributed by atoms with Gasteiger partial charge in [0.05, 0.1) is 5.56 Å². The smallest absolute Gasteiger partial charge is 0.257 e. The molecule has 0 spiro atoms. The minimum Gasteiger partial charge on any atom is -0.370 e. The van der Waals surface area contributed by atoms with Crippen molar-refractivity contribution in [3.8, 4) is 0 Å². The Kier molecular flexibility index (Phi) is 5.93. The average Bonchev–Trinajstić information content (AvgIpc) is 2.68. The fraction of sp³-hybridized carbons (Fsp3) is 0.143. The van der Waals surface area contributed by atoms with Gasteiger partial charge in [0.15, 0.2) is 0 Å². The average molecular weight is 349 g/mol. The van der Waals surface area contributed by atoms with Crippen molar-refractivity contribution in [2.45, 2.75) is 12.8 Å². The maximum Gasteiger partial charge on any atom is 0.257 e. The molecule has 0 saturated carbocycles. The molecule has 0 aliphatic carbocycles. The van der Waals surface area contributed by atoms with Gasteiger partial charge in [-0.05, 0) is 54.8 Å². The summed E-state index contributed by atoms with van der Waals surface area (Å²) in [4.78, 5) is 16.4. The molecule has 5 heteroatoms. The SMILES string of the molecule is O=C(Nc1ccc(F)cc1)c1ccc(NCCCc2ccccc2)nc1. The lowest BCUT2D eigenvalue weighted by Gasteiger charge is -2.08. The summed E-state index contributed by atoms with van der Waals surface area (Å²) in [6.45, 7) is 0.809. The summed E-state index contributed by atoms with van der Waals surface area (Å²) in [5.41, 5.74) is 2.30. The van der Waals surface area contributed by atoms with Crippen LogP contribution < -0.4 is 10.6 Å². The number of halogens is 1. The van der Waals surface area contributed by atoms with Gasteiger partial charge in [-0.3, -0.25) is 4.79 Å². The minimum absolute atomic E-state index is 0.278. The summed E-state index contributed by atoms with van der Waals surface area (Å²) in [7, 11) is 0. The van der Waals surface area contributed by atoms with Crippen molar-refractivity contribution in [3.05, 3.63) is 89.9 Å². The Morgan fingerprint density at radius 3 is 2.42 bits per heavy atom. The molecule has 26 heavy (non-hydrogen) atoms. The molecular weight excluding hydrogens is 329 g/mol. The molecule has 4 nitrogen and oxygen atoms in total. The molecule has 0 unspecified atom stereocenters. The predicted octanol–water partition coefficient (Wildman–Crippen LogP) is 4.52. The van der Waals surface area contributed by atoms with E-state index in [1.807, 2.05) is 18.2 Å². The van der Waals surface area contributed by atoms with Crippen molar-refractivity contribution < 1.29 is 9.18 Å². The van der Waals surface area contributed by atoms with Crippen LogP contribution in [0.25, 0.3) is 0 Å². The van der Waals surface area contributed by atoms with Crippen molar-refractivity contribution in [2.75, 3.05) is 17.2 Å². The summed E-state index contributed by atoms with van der Waals surface area (Å²) in [6, 6.07) is 19.5. The summed E-state index contributed by atoms with van der Waals surface area (Å²) in [5.74, 6) is 0.114. The zero-order valence-electron chi connectivity index (χ0n) is 14.3. The Balaban J connectivity index is 1.46. The van der Waals surface area contributed by atoms with Gasteiger partial charge >= 0.3 is 0 Å². The minimum atomic E-state index is -0.340. The van der Waals surface area contributed by atoms with Crippen LogP contribution in [0.2, 0.25) is 0 Å². The lowest BCUT2D eigenvalue weighted by Crippen LogP contribution is -2.12. The first-order valence-corrected chi connectivity index (χ1v) is 8.51. The Bertz CT molecular complexity index is 833. The number of hydrogen-bond acceptors (Lipinski definition) is 3. The van der Waals surface area contributed by atoms with Crippen LogP contribution in [0.1, 0.15) is 22.3 Å². The van der Waals surface area contributed by atoms with E-state index in [0.717, 1.165) is 25.2 Å². The molecule has 0 aliphatic rings. The maximum absolute atomic E-state index is 12.9. The number of benzene rings is 2. The lowest BCUT2D eigenvalue weighted by atomic mass is 10.1. The zero-order valence-corrected chi connectivity index (χ0v) is 14.3. The third-order valence-corrected chi connectivity index (χ3v) is 3.92. The van der Waals surface area contributed by atoms with Crippen LogP contribution in [0.3, 0.4) is 0 Å². The number of amides is 1. The standard InChI is InChI=1S/C21H20FN3O/c22-18-9-11-19(12-10-18)25-21(26)17-8-13-20(24-15-17)23-14-4-7-16-5-2-1-3-6-16/h1-3,5-6,8-13,15H,4,7,14H2,(H,23,24)(H,25,26). The van der Waals surface area contributed by atoms with Crippen LogP contribution in [0.4, 0.5) is 15.9 Å². The molecule has 2 N–H and O–H groups in total. The van der Waals surface area contributed by atoms with Crippen molar-refractivity contribution in [1.82, 2.24) is 4.98 Å². The van der Waals surface area contributed by atoms with Crippen molar-refractivity contribution in [2.24, 2.45) is 0 Å². The van der Waals surface area contributed by atoms with Crippen molar-refractivity contribution in [1.29, 1.82) is 0 Å². The highest BCUT2D eigenvalue weighted by Crippen LogP contribution is 2.12. The van der Waals surface area contributed by atoms with Crippen LogP contribution in [-0.2, 0) is 6.42 Å². The third kappa shape index (κ3) is 5.14. The Morgan fingerprint density at radius 1 is 0.962 bits per heavy atom. The van der Waals surface area contributed by atoms with E-state index in [1.165, 1.54) is 36.0 Å². The van der Waals surface area contributed by atoms with E-state index in [1.54, 1.807) is 12.1 Å². The molecule has 3 aromatic rings. The largest absolute Gasteiger partial charge is 0.370 e. The molecule has 0 saturated heterocycles. The number of anilines is 2. The molecule has 132 valence electrons. The summed E-state index contributed by atoms with van der Waals surface area (Å²) in [5, 5.41) is 5.96. The number of hydrogen-bond donors (Lipinski definition) is 2. The first kappa shape index (κ1) is 17.6. The summed E-state index contributed by atoms with van der Waals surface area (Å²) >= 11 is 0. The quantitative estimate of drug-likeness (QED) is 0.617. The number of nitrogens with one attached hydrogen (secondary N) is 2. The van der Waals surface area contributed by atoms with Crippen LogP contribution in [0, 0.1) is 5.82 Å². The number of aryl methyl sites for hydroxylation is 1. The number of rotatable bonds is 7. The predicted molar refractivity (Wildman–Crippen MR) is 102 cm³/mol. The normalized spacial score (nSPS) is 10.3. The van der Waals surface area contributed by atoms with Gasteiger partial charge < -0.3 is 10.6 Å². The molecule has 1 aromatic heterocycles. The monoisotopic (exact) mass is 349 g/mol. The van der Waals surface area contributed by atoms with Crippen molar-refractivity contribution >= 4 is 17.4 Å². The molecule has 1 amide bonds. The number of pyridine rings is 1. The second-order valence-corrected chi connectivity index (χ2v) is 5.91. The second kappa shape index (κ2) is 8.76. The Hall–Kier alpha value is -3.21. The molecule has 3 rings (SSSR count). The molecule has 0 fully saturated rings. The fourth-order valence-electron chi connectivity index (χ4n) is 2.52. The number of carbonyl (C=O) groups excluding carboxylic acids is 1. The van der Waals surface area contributed by atoms with Crippen LogP contribution in [0.15, 0.2) is 72.9 Å². The zero-order chi connectivity index (χ0) is 18.2. The highest BCUT2D eigenvalue weighted by atomic mass is 19.1. The van der Waals surface area contributed by atoms with Crippen LogP contribution >= 0.6 is 0 Å². The first-order valence-electron chi connectivity index (χ1n) is 8.51. The number of carbonyl (C=O) groups is 1. The van der Waals surface area contributed by atoms with Crippen molar-refractivity contribution in [3.63, 3.8) is 0 Å². The van der Waals surface area contributed by atoms with Gasteiger partial charge in [0, 0.05) is 18.4 Å². The Labute approximate surface area is 152 Å². The van der Waals surface area contributed by atoms with E-state index in [4.69, 9.17) is 0 Å². The molecule has 2 aromatic carbocycles. The van der Waals surface area contributed by atoms with Gasteiger partial charge in [0.1, 0.15) is 11.6 Å². The molecule has 1 heterocycles. The topological polar surface area (TPSA) is 54.0 Å². The van der Waals surface area contributed by atoms with Gasteiger partial charge in [-0.2, -0.15) is 0 Å².